The molecule has 2 aliphatic rings. The summed E-state index contributed by atoms with van der Waals surface area (Å²) in [5.74, 6) is -3.98. The molecular formula is C62H108N2O14. The third-order valence-corrected chi connectivity index (χ3v) is 14.7. The Bertz CT molecular complexity index is 1470. The molecule has 1 fully saturated rings. The standard InChI is InChI=1S/C62H108N2O14/c1-5-9-13-17-21-26-36-56(65)73-46-52(47-74-57(66)37-27-22-18-14-10-6-2)44-60(69)77-50-54-34-30-31-35-55(64(54)62(71)72-43-42-63-40-32-25-33-41-63)51-78-61(70)45-53(48-75-58(67)38-28-23-19-15-11-7-3)49-76-59(68)39-29-24-20-16-12-8-4/h30-31,52-55H,5-29,32-51H2,1-4H3/t54-,55+. The Morgan fingerprint density at radius 2 is 0.718 bits per heavy atom. The van der Waals surface area contributed by atoms with Crippen LogP contribution in [0.15, 0.2) is 12.2 Å². The van der Waals surface area contributed by atoms with Gasteiger partial charge in [0.2, 0.25) is 0 Å². The highest BCUT2D eigenvalue weighted by atomic mass is 16.6. The number of amides is 1. The summed E-state index contributed by atoms with van der Waals surface area (Å²) < 4.78 is 40.2. The fourth-order valence-corrected chi connectivity index (χ4v) is 9.78. The first-order valence-electron chi connectivity index (χ1n) is 31.2. The largest absolute Gasteiger partial charge is 0.465 e. The summed E-state index contributed by atoms with van der Waals surface area (Å²) >= 11 is 0. The van der Waals surface area contributed by atoms with Crippen LogP contribution in [0.1, 0.15) is 252 Å². The van der Waals surface area contributed by atoms with Gasteiger partial charge in [-0.05, 0) is 64.5 Å². The van der Waals surface area contributed by atoms with Gasteiger partial charge in [-0.2, -0.15) is 0 Å². The number of hydrogen-bond donors (Lipinski definition) is 0. The Hall–Kier alpha value is -4.21. The van der Waals surface area contributed by atoms with E-state index < -0.39 is 42.0 Å². The van der Waals surface area contributed by atoms with Gasteiger partial charge < -0.3 is 33.2 Å². The number of nitrogens with zero attached hydrogens (tertiary/aromatic N) is 2. The van der Waals surface area contributed by atoms with Crippen LogP contribution in [0.4, 0.5) is 4.79 Å². The molecule has 2 heterocycles. The molecule has 1 saturated heterocycles. The van der Waals surface area contributed by atoms with E-state index in [0.717, 1.165) is 154 Å². The highest BCUT2D eigenvalue weighted by molar-refractivity contribution is 5.73. The van der Waals surface area contributed by atoms with Crippen LogP contribution in [-0.4, -0.2) is 130 Å². The molecule has 0 radical (unpaired) electrons. The van der Waals surface area contributed by atoms with Crippen molar-refractivity contribution in [1.82, 2.24) is 9.80 Å². The number of rotatable bonds is 47. The molecule has 0 aromatic rings. The molecule has 450 valence electrons. The Morgan fingerprint density at radius 3 is 1.05 bits per heavy atom. The van der Waals surface area contributed by atoms with Gasteiger partial charge in [0, 0.05) is 44.1 Å². The Kier molecular flexibility index (Phi) is 42.6. The molecule has 2 aliphatic heterocycles. The van der Waals surface area contributed by atoms with E-state index in [1.807, 2.05) is 12.2 Å². The van der Waals surface area contributed by atoms with Crippen molar-refractivity contribution in [2.45, 2.75) is 265 Å². The number of hydrogen-bond acceptors (Lipinski definition) is 15. The number of likely N-dealkylation sites (tertiary alicyclic amines) is 1. The zero-order valence-electron chi connectivity index (χ0n) is 49.4. The van der Waals surface area contributed by atoms with Crippen molar-refractivity contribution in [3.05, 3.63) is 12.2 Å². The van der Waals surface area contributed by atoms with Gasteiger partial charge in [-0.25, -0.2) is 4.79 Å². The van der Waals surface area contributed by atoms with E-state index in [9.17, 15) is 33.6 Å². The van der Waals surface area contributed by atoms with Crippen LogP contribution in [0, 0.1) is 11.8 Å². The van der Waals surface area contributed by atoms with E-state index >= 15 is 0 Å². The monoisotopic (exact) mass is 1100 g/mol. The first-order chi connectivity index (χ1) is 38.0. The second-order valence-electron chi connectivity index (χ2n) is 22.0. The normalized spacial score (nSPS) is 15.7. The molecule has 0 unspecified atom stereocenters. The number of piperidine rings is 1. The Labute approximate surface area is 471 Å². The van der Waals surface area contributed by atoms with Crippen LogP contribution in [0.5, 0.6) is 0 Å². The van der Waals surface area contributed by atoms with E-state index in [4.69, 9.17) is 33.2 Å². The Morgan fingerprint density at radius 1 is 0.397 bits per heavy atom. The summed E-state index contributed by atoms with van der Waals surface area (Å²) in [7, 11) is 0. The zero-order valence-corrected chi connectivity index (χ0v) is 49.4. The van der Waals surface area contributed by atoms with Gasteiger partial charge in [0.15, 0.2) is 0 Å². The van der Waals surface area contributed by atoms with Crippen molar-refractivity contribution in [2.24, 2.45) is 11.8 Å². The van der Waals surface area contributed by atoms with E-state index in [2.05, 4.69) is 32.6 Å². The van der Waals surface area contributed by atoms with E-state index in [1.165, 1.54) is 11.3 Å². The molecule has 0 aromatic heterocycles. The average Bonchev–Trinajstić information content (AvgIpc) is 3.65. The van der Waals surface area contributed by atoms with Crippen molar-refractivity contribution < 1.29 is 66.7 Å². The van der Waals surface area contributed by atoms with E-state index in [-0.39, 0.29) is 109 Å². The summed E-state index contributed by atoms with van der Waals surface area (Å²) in [5, 5.41) is 0. The topological polar surface area (TPSA) is 191 Å². The fraction of sp³-hybridized carbons (Fsp3) is 0.855. The quantitative estimate of drug-likeness (QED) is 0.0242. The smallest absolute Gasteiger partial charge is 0.410 e. The van der Waals surface area contributed by atoms with Gasteiger partial charge in [-0.3, -0.25) is 38.6 Å². The number of ether oxygens (including phenoxy) is 7. The molecule has 0 saturated carbocycles. The van der Waals surface area contributed by atoms with Crippen LogP contribution in [0.2, 0.25) is 0 Å². The summed E-state index contributed by atoms with van der Waals surface area (Å²) in [6, 6.07) is -1.37. The highest BCUT2D eigenvalue weighted by Crippen LogP contribution is 2.23. The van der Waals surface area contributed by atoms with E-state index in [1.54, 1.807) is 0 Å². The lowest BCUT2D eigenvalue weighted by atomic mass is 10.1. The molecule has 0 aromatic carbocycles. The summed E-state index contributed by atoms with van der Waals surface area (Å²) in [5.41, 5.74) is 0. The molecule has 2 rings (SSSR count). The van der Waals surface area contributed by atoms with Crippen LogP contribution < -0.4 is 0 Å². The second kappa shape index (κ2) is 47.6. The number of unbranched alkanes of at least 4 members (excludes halogenated alkanes) is 20. The molecular weight excluding hydrogens is 997 g/mol. The highest BCUT2D eigenvalue weighted by Gasteiger charge is 2.35. The minimum atomic E-state index is -0.687. The van der Waals surface area contributed by atoms with Gasteiger partial charge in [0.25, 0.3) is 0 Å². The van der Waals surface area contributed by atoms with Crippen molar-refractivity contribution in [1.29, 1.82) is 0 Å². The maximum absolute atomic E-state index is 14.2. The number of carbonyl (C=O) groups excluding carboxylic acids is 7. The van der Waals surface area contributed by atoms with Crippen LogP contribution in [0.25, 0.3) is 0 Å². The minimum absolute atomic E-state index is 0.118. The van der Waals surface area contributed by atoms with Crippen molar-refractivity contribution in [2.75, 3.05) is 65.9 Å². The zero-order chi connectivity index (χ0) is 56.7. The van der Waals surface area contributed by atoms with Gasteiger partial charge in [0.05, 0.1) is 51.4 Å². The molecule has 0 aliphatic carbocycles. The molecule has 16 nitrogen and oxygen atoms in total. The SMILES string of the molecule is CCCCCCCCC(=O)OCC(COC(=O)CCCCCCCC)CC(=O)OC[C@H]1CC=CC[C@@H](COC(=O)CC(COC(=O)CCCCCCCC)COC(=O)CCCCCCCC)N1C(=O)OCCN1CCCCC1. The molecule has 1 amide bonds. The third-order valence-electron chi connectivity index (χ3n) is 14.7. The summed E-state index contributed by atoms with van der Waals surface area (Å²) in [4.78, 5) is 96.5. The predicted molar refractivity (Wildman–Crippen MR) is 303 cm³/mol. The maximum Gasteiger partial charge on any atom is 0.410 e. The minimum Gasteiger partial charge on any atom is -0.465 e. The first kappa shape index (κ1) is 69.9. The van der Waals surface area contributed by atoms with Gasteiger partial charge >= 0.3 is 41.9 Å². The van der Waals surface area contributed by atoms with E-state index in [0.29, 0.717) is 45.1 Å². The summed E-state index contributed by atoms with van der Waals surface area (Å²) in [6.45, 7) is 10.3. The van der Waals surface area contributed by atoms with Crippen molar-refractivity contribution in [3.8, 4) is 0 Å². The van der Waals surface area contributed by atoms with Crippen molar-refractivity contribution >= 4 is 41.9 Å². The maximum atomic E-state index is 14.2. The van der Waals surface area contributed by atoms with Gasteiger partial charge in [0.1, 0.15) is 19.8 Å². The lowest BCUT2D eigenvalue weighted by molar-refractivity contribution is -0.156. The first-order valence-corrected chi connectivity index (χ1v) is 31.2. The lowest BCUT2D eigenvalue weighted by Crippen LogP contribution is -2.51. The molecule has 78 heavy (non-hydrogen) atoms. The average molecular weight is 1110 g/mol. The van der Waals surface area contributed by atoms with Crippen LogP contribution >= 0.6 is 0 Å². The number of esters is 6. The molecule has 16 heteroatoms. The van der Waals surface area contributed by atoms with Crippen LogP contribution in [-0.2, 0) is 61.9 Å². The molecule has 0 spiro atoms. The van der Waals surface area contributed by atoms with Crippen molar-refractivity contribution in [3.63, 3.8) is 0 Å². The van der Waals surface area contributed by atoms with Gasteiger partial charge in [-0.1, -0.05) is 175 Å². The molecule has 2 atom stereocenters. The molecule has 0 bridgehead atoms. The lowest BCUT2D eigenvalue weighted by Gasteiger charge is -2.35. The predicted octanol–water partition coefficient (Wildman–Crippen LogP) is 13.3. The van der Waals surface area contributed by atoms with Crippen LogP contribution in [0.3, 0.4) is 0 Å². The summed E-state index contributed by atoms with van der Waals surface area (Å²) in [6.07, 6.45) is 32.4. The fourth-order valence-electron chi connectivity index (χ4n) is 9.78. The second-order valence-corrected chi connectivity index (χ2v) is 22.0. The number of carbonyl (C=O) groups is 7. The molecule has 0 N–H and O–H groups in total. The van der Waals surface area contributed by atoms with Gasteiger partial charge in [-0.15, -0.1) is 0 Å². The third kappa shape index (κ3) is 36.9. The Balaban J connectivity index is 2.18.